The molecule has 0 radical (unpaired) electrons. The zero-order valence-corrected chi connectivity index (χ0v) is 22.7. The molecule has 212 valence electrons. The van der Waals surface area contributed by atoms with Gasteiger partial charge in [0.2, 0.25) is 5.91 Å². The van der Waals surface area contributed by atoms with E-state index in [0.717, 1.165) is 5.56 Å². The molecule has 42 heavy (non-hydrogen) atoms. The second kappa shape index (κ2) is 12.3. The topological polar surface area (TPSA) is 138 Å². The van der Waals surface area contributed by atoms with Gasteiger partial charge in [0.1, 0.15) is 5.75 Å². The molecule has 0 bridgehead atoms. The van der Waals surface area contributed by atoms with Crippen LogP contribution in [0.15, 0.2) is 97.3 Å². The molecule has 10 nitrogen and oxygen atoms in total. The fourth-order valence-electron chi connectivity index (χ4n) is 4.96. The van der Waals surface area contributed by atoms with Gasteiger partial charge >= 0.3 is 5.97 Å². The van der Waals surface area contributed by atoms with E-state index in [-0.39, 0.29) is 35.9 Å². The Labute approximate surface area is 242 Å². The van der Waals surface area contributed by atoms with Gasteiger partial charge in [0, 0.05) is 23.5 Å². The summed E-state index contributed by atoms with van der Waals surface area (Å²) in [7, 11) is 1.52. The lowest BCUT2D eigenvalue weighted by Crippen LogP contribution is -2.35. The van der Waals surface area contributed by atoms with Gasteiger partial charge in [-0.25, -0.2) is 0 Å². The predicted molar refractivity (Wildman–Crippen MR) is 155 cm³/mol. The number of pyridine rings is 1. The van der Waals surface area contributed by atoms with Crippen molar-refractivity contribution in [1.29, 1.82) is 0 Å². The molecule has 0 aliphatic carbocycles. The van der Waals surface area contributed by atoms with Gasteiger partial charge in [-0.2, -0.15) is 0 Å². The lowest BCUT2D eigenvalue weighted by molar-refractivity contribution is -0.137. The number of benzene rings is 3. The van der Waals surface area contributed by atoms with Gasteiger partial charge in [-0.05, 0) is 53.6 Å². The highest BCUT2D eigenvalue weighted by atomic mass is 16.5. The zero-order valence-electron chi connectivity index (χ0n) is 22.7. The summed E-state index contributed by atoms with van der Waals surface area (Å²) in [5.41, 5.74) is 2.54. The van der Waals surface area contributed by atoms with Crippen molar-refractivity contribution in [1.82, 2.24) is 10.3 Å². The number of hydrogen-bond acceptors (Lipinski definition) is 6. The molecule has 0 fully saturated rings. The highest BCUT2D eigenvalue weighted by Crippen LogP contribution is 2.40. The molecular formula is C32H28N4O6. The minimum absolute atomic E-state index is 0.0162. The highest BCUT2D eigenvalue weighted by molar-refractivity contribution is 6.12. The maximum atomic E-state index is 14.1. The smallest absolute Gasteiger partial charge is 0.305 e. The molecule has 10 heteroatoms. The molecule has 3 N–H and O–H groups in total. The average molecular weight is 565 g/mol. The number of methoxy groups -OCH3 is 1. The number of carboxylic acids is 1. The highest BCUT2D eigenvalue weighted by Gasteiger charge is 2.35. The van der Waals surface area contributed by atoms with Crippen molar-refractivity contribution in [2.45, 2.75) is 24.9 Å². The maximum Gasteiger partial charge on any atom is 0.305 e. The number of carbonyl (C=O) groups is 4. The summed E-state index contributed by atoms with van der Waals surface area (Å²) >= 11 is 0. The Kier molecular flexibility index (Phi) is 8.24. The van der Waals surface area contributed by atoms with Gasteiger partial charge in [-0.1, -0.05) is 42.5 Å². The Morgan fingerprint density at radius 3 is 2.55 bits per heavy atom. The number of anilines is 2. The molecule has 5 rings (SSSR count). The number of fused-ring (bicyclic) bond motifs is 1. The van der Waals surface area contributed by atoms with Crippen LogP contribution in [0.1, 0.15) is 56.8 Å². The Hall–Kier alpha value is -5.51. The fourth-order valence-corrected chi connectivity index (χ4v) is 4.96. The van der Waals surface area contributed by atoms with Crippen LogP contribution >= 0.6 is 0 Å². The Balaban J connectivity index is 1.54. The first-order chi connectivity index (χ1) is 20.3. The summed E-state index contributed by atoms with van der Waals surface area (Å²) in [5, 5.41) is 15.0. The Morgan fingerprint density at radius 2 is 1.83 bits per heavy atom. The molecule has 1 aliphatic heterocycles. The third kappa shape index (κ3) is 6.12. The molecule has 0 saturated carbocycles. The first kappa shape index (κ1) is 28.0. The number of hydrogen-bond donors (Lipinski definition) is 3. The van der Waals surface area contributed by atoms with Crippen molar-refractivity contribution in [2.75, 3.05) is 17.3 Å². The summed E-state index contributed by atoms with van der Waals surface area (Å²) in [6.45, 7) is 0. The largest absolute Gasteiger partial charge is 0.497 e. The SMILES string of the molecule is COc1cccc(C(=O)N2c3ccc(C(=O)NC(CC(=O)O)c4cccnc4)cc3NC(=O)CC2c2ccccc2)c1. The first-order valence-electron chi connectivity index (χ1n) is 13.2. The Bertz CT molecular complexity index is 1630. The van der Waals surface area contributed by atoms with Crippen LogP contribution in [0.5, 0.6) is 5.75 Å². The quantitative estimate of drug-likeness (QED) is 0.280. The lowest BCUT2D eigenvalue weighted by Gasteiger charge is -2.31. The fraction of sp³-hybridized carbons (Fsp3) is 0.156. The molecular weight excluding hydrogens is 536 g/mol. The van der Waals surface area contributed by atoms with Crippen molar-refractivity contribution in [2.24, 2.45) is 0 Å². The van der Waals surface area contributed by atoms with Gasteiger partial charge in [0.15, 0.2) is 0 Å². The van der Waals surface area contributed by atoms with Crippen LogP contribution in [0, 0.1) is 0 Å². The number of ether oxygens (including phenoxy) is 1. The molecule has 1 aliphatic rings. The number of carbonyl (C=O) groups excluding carboxylic acids is 3. The zero-order chi connectivity index (χ0) is 29.6. The van der Waals surface area contributed by atoms with Crippen molar-refractivity contribution in [3.05, 3.63) is 120 Å². The van der Waals surface area contributed by atoms with Crippen LogP contribution in [-0.2, 0) is 9.59 Å². The van der Waals surface area contributed by atoms with Gasteiger partial charge < -0.3 is 20.5 Å². The summed E-state index contributed by atoms with van der Waals surface area (Å²) in [4.78, 5) is 57.7. The van der Waals surface area contributed by atoms with E-state index in [9.17, 15) is 24.3 Å². The predicted octanol–water partition coefficient (Wildman–Crippen LogP) is 4.77. The minimum Gasteiger partial charge on any atom is -0.497 e. The number of nitrogens with zero attached hydrogens (tertiary/aromatic N) is 2. The van der Waals surface area contributed by atoms with Crippen LogP contribution in [0.2, 0.25) is 0 Å². The number of nitrogens with one attached hydrogen (secondary N) is 2. The van der Waals surface area contributed by atoms with Crippen molar-refractivity contribution >= 4 is 35.1 Å². The van der Waals surface area contributed by atoms with Crippen molar-refractivity contribution in [3.8, 4) is 5.75 Å². The van der Waals surface area contributed by atoms with Gasteiger partial charge in [-0.15, -0.1) is 0 Å². The molecule has 3 amide bonds. The normalized spacial score (nSPS) is 15.0. The molecule has 2 heterocycles. The van der Waals surface area contributed by atoms with Crippen molar-refractivity contribution in [3.63, 3.8) is 0 Å². The standard InChI is InChI=1S/C32H28N4O6/c1-42-24-11-5-9-22(15-24)32(41)36-27-13-12-21(31(40)35-25(17-30(38)39)23-10-6-14-33-19-23)16-26(27)34-29(37)18-28(36)20-7-3-2-4-8-20/h2-16,19,25,28H,17-18H2,1H3,(H,34,37)(H,35,40)(H,38,39). The summed E-state index contributed by atoms with van der Waals surface area (Å²) < 4.78 is 5.32. The maximum absolute atomic E-state index is 14.1. The first-order valence-corrected chi connectivity index (χ1v) is 13.2. The van der Waals surface area contributed by atoms with E-state index in [4.69, 9.17) is 4.74 Å². The molecule has 3 aromatic carbocycles. The lowest BCUT2D eigenvalue weighted by atomic mass is 9.99. The number of amides is 3. The minimum atomic E-state index is -1.09. The van der Waals surface area contributed by atoms with E-state index in [1.165, 1.54) is 19.4 Å². The molecule has 0 saturated heterocycles. The molecule has 2 unspecified atom stereocenters. The van der Waals surface area contributed by atoms with E-state index in [1.54, 1.807) is 59.6 Å². The van der Waals surface area contributed by atoms with E-state index in [1.807, 2.05) is 30.3 Å². The van der Waals surface area contributed by atoms with Crippen LogP contribution in [0.3, 0.4) is 0 Å². The van der Waals surface area contributed by atoms with Crippen LogP contribution in [-0.4, -0.2) is 40.9 Å². The summed E-state index contributed by atoms with van der Waals surface area (Å²) in [6.07, 6.45) is 2.69. The number of rotatable bonds is 8. The van der Waals surface area contributed by atoms with Crippen LogP contribution < -0.4 is 20.3 Å². The van der Waals surface area contributed by atoms with Crippen molar-refractivity contribution < 1.29 is 29.0 Å². The van der Waals surface area contributed by atoms with Crippen LogP contribution in [0.4, 0.5) is 11.4 Å². The molecule has 0 spiro atoms. The number of aliphatic carboxylic acids is 1. The van der Waals surface area contributed by atoms with Gasteiger partial charge in [-0.3, -0.25) is 29.1 Å². The average Bonchev–Trinajstić information content (AvgIpc) is 3.16. The Morgan fingerprint density at radius 1 is 1.02 bits per heavy atom. The second-order valence-corrected chi connectivity index (χ2v) is 9.73. The van der Waals surface area contributed by atoms with Gasteiger partial charge in [0.25, 0.3) is 11.8 Å². The summed E-state index contributed by atoms with van der Waals surface area (Å²) in [6, 6.07) is 22.6. The third-order valence-corrected chi connectivity index (χ3v) is 6.97. The molecule has 1 aromatic heterocycles. The van der Waals surface area contributed by atoms with Crippen LogP contribution in [0.25, 0.3) is 0 Å². The van der Waals surface area contributed by atoms with E-state index in [2.05, 4.69) is 15.6 Å². The van der Waals surface area contributed by atoms with E-state index < -0.39 is 24.0 Å². The molecule has 2 atom stereocenters. The number of carboxylic acid groups (broad SMARTS) is 1. The monoisotopic (exact) mass is 564 g/mol. The van der Waals surface area contributed by atoms with Gasteiger partial charge in [0.05, 0.1) is 43.4 Å². The van der Waals surface area contributed by atoms with E-state index >= 15 is 0 Å². The molecule has 4 aromatic rings. The van der Waals surface area contributed by atoms with E-state index in [0.29, 0.717) is 22.6 Å². The second-order valence-electron chi connectivity index (χ2n) is 9.73. The third-order valence-electron chi connectivity index (χ3n) is 6.97. The number of aromatic nitrogens is 1. The summed E-state index contributed by atoms with van der Waals surface area (Å²) in [5.74, 6) is -1.80.